The minimum atomic E-state index is 0.102. The van der Waals surface area contributed by atoms with E-state index in [0.717, 1.165) is 56.8 Å². The molecule has 1 aliphatic rings. The van der Waals surface area contributed by atoms with Gasteiger partial charge in [0.2, 0.25) is 0 Å². The zero-order chi connectivity index (χ0) is 18.4. The average Bonchev–Trinajstić information content (AvgIpc) is 3.21. The number of rotatable bonds is 7. The van der Waals surface area contributed by atoms with Crippen molar-refractivity contribution in [2.75, 3.05) is 40.3 Å². The van der Waals surface area contributed by atoms with Gasteiger partial charge in [-0.1, -0.05) is 18.2 Å². The molecule has 0 bridgehead atoms. The van der Waals surface area contributed by atoms with Crippen LogP contribution in [0.5, 0.6) is 5.75 Å². The van der Waals surface area contributed by atoms with E-state index in [1.165, 1.54) is 5.56 Å². The summed E-state index contributed by atoms with van der Waals surface area (Å²) in [6.07, 6.45) is 6.87. The van der Waals surface area contributed by atoms with Crippen LogP contribution in [-0.2, 0) is 6.42 Å². The van der Waals surface area contributed by atoms with Crippen molar-refractivity contribution in [1.82, 2.24) is 14.8 Å². The minimum absolute atomic E-state index is 0.102. The maximum absolute atomic E-state index is 12.3. The lowest BCUT2D eigenvalue weighted by molar-refractivity contribution is 0.0740. The van der Waals surface area contributed by atoms with E-state index in [0.29, 0.717) is 5.92 Å². The molecule has 1 aromatic heterocycles. The molecule has 1 saturated heterocycles. The Morgan fingerprint density at radius 2 is 2.04 bits per heavy atom. The number of nitrogens with one attached hydrogen (secondary N) is 1. The summed E-state index contributed by atoms with van der Waals surface area (Å²) in [5.41, 5.74) is 2.01. The maximum Gasteiger partial charge on any atom is 0.255 e. The maximum atomic E-state index is 12.3. The third-order valence-electron chi connectivity index (χ3n) is 5.32. The van der Waals surface area contributed by atoms with Gasteiger partial charge >= 0.3 is 0 Å². The zero-order valence-corrected chi connectivity index (χ0v) is 15.8. The number of amides is 1. The van der Waals surface area contributed by atoms with Crippen LogP contribution in [0.2, 0.25) is 0 Å². The lowest BCUT2D eigenvalue weighted by Gasteiger charge is -2.34. The number of carbonyl (C=O) groups is 1. The Bertz CT molecular complexity index is 691. The van der Waals surface area contributed by atoms with Crippen LogP contribution in [0.1, 0.15) is 28.8 Å². The van der Waals surface area contributed by atoms with Crippen LogP contribution >= 0.6 is 0 Å². The summed E-state index contributed by atoms with van der Waals surface area (Å²) < 4.78 is 5.44. The number of aromatic nitrogens is 1. The van der Waals surface area contributed by atoms with Crippen molar-refractivity contribution >= 4 is 5.91 Å². The van der Waals surface area contributed by atoms with E-state index in [9.17, 15) is 4.79 Å². The van der Waals surface area contributed by atoms with Gasteiger partial charge in [-0.2, -0.15) is 0 Å². The van der Waals surface area contributed by atoms with E-state index in [2.05, 4.69) is 22.0 Å². The Hall–Kier alpha value is -2.27. The van der Waals surface area contributed by atoms with Crippen molar-refractivity contribution < 1.29 is 9.53 Å². The van der Waals surface area contributed by atoms with Crippen LogP contribution in [0.4, 0.5) is 0 Å². The Kier molecular flexibility index (Phi) is 6.34. The van der Waals surface area contributed by atoms with E-state index < -0.39 is 0 Å². The van der Waals surface area contributed by atoms with Gasteiger partial charge in [0.1, 0.15) is 5.75 Å². The number of hydrogen-bond acceptors (Lipinski definition) is 3. The van der Waals surface area contributed by atoms with Crippen molar-refractivity contribution in [3.05, 3.63) is 53.9 Å². The molecule has 5 nitrogen and oxygen atoms in total. The van der Waals surface area contributed by atoms with Gasteiger partial charge in [-0.3, -0.25) is 4.79 Å². The molecule has 1 amide bonds. The van der Waals surface area contributed by atoms with E-state index in [1.54, 1.807) is 19.5 Å². The number of likely N-dealkylation sites (tertiary alicyclic amines) is 1. The lowest BCUT2D eigenvalue weighted by atomic mass is 9.95. The molecule has 3 rings (SSSR count). The Morgan fingerprint density at radius 3 is 2.73 bits per heavy atom. The van der Waals surface area contributed by atoms with Crippen LogP contribution in [0.15, 0.2) is 42.7 Å². The number of nitrogens with zero attached hydrogens (tertiary/aromatic N) is 2. The van der Waals surface area contributed by atoms with Gasteiger partial charge in [0, 0.05) is 32.5 Å². The molecule has 2 heterocycles. The standard InChI is InChI=1S/C21H29N3O2/c1-23(21(25)19-7-11-22-15-19)16-17-8-12-24(13-9-17)14-10-18-5-3-4-6-20(18)26-2/h3-7,11,15,17,22H,8-10,12-14,16H2,1-2H3. The van der Waals surface area contributed by atoms with Crippen molar-refractivity contribution in [3.63, 3.8) is 0 Å². The fourth-order valence-corrected chi connectivity index (χ4v) is 3.73. The number of ether oxygens (including phenoxy) is 1. The molecule has 1 aliphatic heterocycles. The van der Waals surface area contributed by atoms with Crippen LogP contribution in [0.3, 0.4) is 0 Å². The number of piperidine rings is 1. The molecule has 0 saturated carbocycles. The van der Waals surface area contributed by atoms with E-state index in [-0.39, 0.29) is 5.91 Å². The summed E-state index contributed by atoms with van der Waals surface area (Å²) in [5, 5.41) is 0. The third-order valence-corrected chi connectivity index (χ3v) is 5.32. The molecule has 2 aromatic rings. The topological polar surface area (TPSA) is 48.6 Å². The number of carbonyl (C=O) groups excluding carboxylic acids is 1. The highest BCUT2D eigenvalue weighted by molar-refractivity contribution is 5.93. The van der Waals surface area contributed by atoms with Gasteiger partial charge in [0.15, 0.2) is 0 Å². The lowest BCUT2D eigenvalue weighted by Crippen LogP contribution is -2.40. The zero-order valence-electron chi connectivity index (χ0n) is 15.8. The van der Waals surface area contributed by atoms with Crippen LogP contribution < -0.4 is 4.74 Å². The molecule has 0 atom stereocenters. The first-order chi connectivity index (χ1) is 12.7. The molecule has 0 unspecified atom stereocenters. The van der Waals surface area contributed by atoms with Crippen molar-refractivity contribution in [1.29, 1.82) is 0 Å². The predicted octanol–water partition coefficient (Wildman–Crippen LogP) is 3.05. The largest absolute Gasteiger partial charge is 0.496 e. The molecular formula is C21H29N3O2. The number of benzene rings is 1. The van der Waals surface area contributed by atoms with Gasteiger partial charge in [-0.15, -0.1) is 0 Å². The van der Waals surface area contributed by atoms with Crippen LogP contribution in [-0.4, -0.2) is 61.0 Å². The Balaban J connectivity index is 1.42. The summed E-state index contributed by atoms with van der Waals surface area (Å²) in [6, 6.07) is 10.1. The Labute approximate surface area is 156 Å². The number of methoxy groups -OCH3 is 1. The molecular weight excluding hydrogens is 326 g/mol. The second kappa shape index (κ2) is 8.90. The molecule has 1 aromatic carbocycles. The number of aromatic amines is 1. The van der Waals surface area contributed by atoms with Gasteiger partial charge in [-0.25, -0.2) is 0 Å². The van der Waals surface area contributed by atoms with Gasteiger partial charge in [0.25, 0.3) is 5.91 Å². The molecule has 26 heavy (non-hydrogen) atoms. The van der Waals surface area contributed by atoms with E-state index in [1.807, 2.05) is 30.1 Å². The summed E-state index contributed by atoms with van der Waals surface area (Å²) in [4.78, 5) is 19.7. The predicted molar refractivity (Wildman–Crippen MR) is 104 cm³/mol. The molecule has 0 spiro atoms. The van der Waals surface area contributed by atoms with Gasteiger partial charge < -0.3 is 19.5 Å². The quantitative estimate of drug-likeness (QED) is 0.830. The second-order valence-electron chi connectivity index (χ2n) is 7.13. The number of H-pyrrole nitrogens is 1. The fraction of sp³-hybridized carbons (Fsp3) is 0.476. The molecule has 5 heteroatoms. The molecule has 1 N–H and O–H groups in total. The molecule has 0 radical (unpaired) electrons. The minimum Gasteiger partial charge on any atom is -0.496 e. The smallest absolute Gasteiger partial charge is 0.255 e. The third kappa shape index (κ3) is 4.67. The highest BCUT2D eigenvalue weighted by Crippen LogP contribution is 2.21. The van der Waals surface area contributed by atoms with E-state index in [4.69, 9.17) is 4.74 Å². The monoisotopic (exact) mass is 355 g/mol. The first kappa shape index (κ1) is 18.5. The summed E-state index contributed by atoms with van der Waals surface area (Å²) in [5.74, 6) is 1.67. The number of hydrogen-bond donors (Lipinski definition) is 1. The van der Waals surface area contributed by atoms with Gasteiger partial charge in [-0.05, 0) is 56.0 Å². The average molecular weight is 355 g/mol. The summed E-state index contributed by atoms with van der Waals surface area (Å²) in [7, 11) is 3.64. The fourth-order valence-electron chi connectivity index (χ4n) is 3.73. The van der Waals surface area contributed by atoms with Crippen molar-refractivity contribution in [2.45, 2.75) is 19.3 Å². The first-order valence-electron chi connectivity index (χ1n) is 9.40. The highest BCUT2D eigenvalue weighted by atomic mass is 16.5. The number of para-hydroxylation sites is 1. The second-order valence-corrected chi connectivity index (χ2v) is 7.13. The molecule has 0 aliphatic carbocycles. The summed E-state index contributed by atoms with van der Waals surface area (Å²) in [6.45, 7) is 4.10. The SMILES string of the molecule is COc1ccccc1CCN1CCC(CN(C)C(=O)c2cc[nH]c2)CC1. The van der Waals surface area contributed by atoms with Gasteiger partial charge in [0.05, 0.1) is 12.7 Å². The first-order valence-corrected chi connectivity index (χ1v) is 9.40. The van der Waals surface area contributed by atoms with Crippen LogP contribution in [0, 0.1) is 5.92 Å². The molecule has 1 fully saturated rings. The summed E-state index contributed by atoms with van der Waals surface area (Å²) >= 11 is 0. The van der Waals surface area contributed by atoms with Crippen molar-refractivity contribution in [3.8, 4) is 5.75 Å². The Morgan fingerprint density at radius 1 is 1.27 bits per heavy atom. The highest BCUT2D eigenvalue weighted by Gasteiger charge is 2.22. The van der Waals surface area contributed by atoms with Crippen LogP contribution in [0.25, 0.3) is 0 Å². The molecule has 140 valence electrons. The van der Waals surface area contributed by atoms with Crippen molar-refractivity contribution in [2.24, 2.45) is 5.92 Å². The normalized spacial score (nSPS) is 15.8. The van der Waals surface area contributed by atoms with E-state index >= 15 is 0 Å².